The van der Waals surface area contributed by atoms with Crippen molar-refractivity contribution in [1.82, 2.24) is 15.1 Å². The molecule has 2 aliphatic heterocycles. The molecule has 0 aromatic carbocycles. The Morgan fingerprint density at radius 3 is 2.78 bits per heavy atom. The summed E-state index contributed by atoms with van der Waals surface area (Å²) in [7, 11) is 0. The van der Waals surface area contributed by atoms with Crippen molar-refractivity contribution in [2.24, 2.45) is 0 Å². The Kier molecular flexibility index (Phi) is 6.89. The summed E-state index contributed by atoms with van der Waals surface area (Å²) in [5, 5.41) is 3.31. The topological polar surface area (TPSA) is 61.9 Å². The molecule has 0 radical (unpaired) electrons. The number of amides is 2. The number of piperidine rings is 1. The summed E-state index contributed by atoms with van der Waals surface area (Å²) < 4.78 is 5.05. The normalized spacial score (nSPS) is 22.5. The average molecular weight is 323 g/mol. The van der Waals surface area contributed by atoms with Gasteiger partial charge in [0, 0.05) is 38.1 Å². The molecule has 23 heavy (non-hydrogen) atoms. The van der Waals surface area contributed by atoms with Gasteiger partial charge in [0.15, 0.2) is 0 Å². The second kappa shape index (κ2) is 8.91. The van der Waals surface area contributed by atoms with Crippen LogP contribution in [0, 0.1) is 0 Å². The van der Waals surface area contributed by atoms with Crippen LogP contribution in [0.5, 0.6) is 0 Å². The third kappa shape index (κ3) is 4.70. The van der Waals surface area contributed by atoms with Gasteiger partial charge in [-0.25, -0.2) is 4.79 Å². The minimum Gasteiger partial charge on any atom is -0.450 e. The number of ether oxygens (including phenoxy) is 1. The molecule has 2 aliphatic rings. The SMILES string of the molecule is C=CCNCC[C@H]1CCC(=O)N1C1CCN(C(=O)OCC)CC1. The maximum Gasteiger partial charge on any atom is 0.409 e. The van der Waals surface area contributed by atoms with Crippen LogP contribution in [0.15, 0.2) is 12.7 Å². The Balaban J connectivity index is 1.83. The number of carbonyl (C=O) groups is 2. The van der Waals surface area contributed by atoms with Crippen LogP contribution in [-0.4, -0.2) is 66.7 Å². The van der Waals surface area contributed by atoms with Gasteiger partial charge >= 0.3 is 6.09 Å². The highest BCUT2D eigenvalue weighted by Crippen LogP contribution is 2.28. The Hall–Kier alpha value is -1.56. The maximum absolute atomic E-state index is 12.3. The van der Waals surface area contributed by atoms with E-state index in [4.69, 9.17) is 4.74 Å². The van der Waals surface area contributed by atoms with Crippen LogP contribution in [0.2, 0.25) is 0 Å². The van der Waals surface area contributed by atoms with Gasteiger partial charge in [-0.05, 0) is 39.2 Å². The molecule has 1 atom stereocenters. The van der Waals surface area contributed by atoms with Crippen molar-refractivity contribution < 1.29 is 14.3 Å². The summed E-state index contributed by atoms with van der Waals surface area (Å²) in [6, 6.07) is 0.596. The highest BCUT2D eigenvalue weighted by atomic mass is 16.6. The van der Waals surface area contributed by atoms with E-state index in [0.29, 0.717) is 32.2 Å². The summed E-state index contributed by atoms with van der Waals surface area (Å²) in [4.78, 5) is 27.9. The van der Waals surface area contributed by atoms with Crippen LogP contribution in [0.3, 0.4) is 0 Å². The Morgan fingerprint density at radius 2 is 2.13 bits per heavy atom. The minimum atomic E-state index is -0.233. The standard InChI is InChI=1S/C17H29N3O3/c1-3-10-18-11-7-14-5-6-16(21)20(14)15-8-12-19(13-9-15)17(22)23-4-2/h3,14-15,18H,1,4-13H2,2H3/t14-/m1/s1. The monoisotopic (exact) mass is 323 g/mol. The lowest BCUT2D eigenvalue weighted by Gasteiger charge is -2.39. The van der Waals surface area contributed by atoms with Crippen LogP contribution in [0.25, 0.3) is 0 Å². The van der Waals surface area contributed by atoms with Crippen LogP contribution < -0.4 is 5.32 Å². The number of carbonyl (C=O) groups excluding carboxylic acids is 2. The van der Waals surface area contributed by atoms with Crippen molar-refractivity contribution in [3.05, 3.63) is 12.7 Å². The van der Waals surface area contributed by atoms with Gasteiger partial charge in [-0.3, -0.25) is 4.79 Å². The molecule has 1 N–H and O–H groups in total. The fourth-order valence-electron chi connectivity index (χ4n) is 3.56. The molecule has 0 spiro atoms. The van der Waals surface area contributed by atoms with Crippen molar-refractivity contribution in [2.75, 3.05) is 32.8 Å². The molecule has 6 heteroatoms. The van der Waals surface area contributed by atoms with Crippen LogP contribution >= 0.6 is 0 Å². The van der Waals surface area contributed by atoms with Gasteiger partial charge < -0.3 is 19.9 Å². The largest absolute Gasteiger partial charge is 0.450 e. The van der Waals surface area contributed by atoms with Gasteiger partial charge in [-0.1, -0.05) is 6.08 Å². The number of rotatable bonds is 7. The summed E-state index contributed by atoms with van der Waals surface area (Å²) in [5.41, 5.74) is 0. The van der Waals surface area contributed by atoms with Crippen LogP contribution in [0.1, 0.15) is 39.0 Å². The molecular weight excluding hydrogens is 294 g/mol. The molecule has 2 saturated heterocycles. The second-order valence-corrected chi connectivity index (χ2v) is 6.19. The molecule has 2 amide bonds. The van der Waals surface area contributed by atoms with E-state index in [1.54, 1.807) is 4.90 Å². The van der Waals surface area contributed by atoms with Crippen molar-refractivity contribution in [2.45, 2.75) is 51.1 Å². The van der Waals surface area contributed by atoms with Gasteiger partial charge in [0.05, 0.1) is 6.61 Å². The number of nitrogens with zero attached hydrogens (tertiary/aromatic N) is 2. The zero-order valence-corrected chi connectivity index (χ0v) is 14.1. The molecule has 130 valence electrons. The number of nitrogens with one attached hydrogen (secondary N) is 1. The third-order valence-electron chi connectivity index (χ3n) is 4.70. The van der Waals surface area contributed by atoms with Crippen LogP contribution in [0.4, 0.5) is 4.79 Å². The van der Waals surface area contributed by atoms with Gasteiger partial charge in [-0.15, -0.1) is 6.58 Å². The van der Waals surface area contributed by atoms with E-state index in [1.807, 2.05) is 13.0 Å². The van der Waals surface area contributed by atoms with Crippen molar-refractivity contribution in [3.8, 4) is 0 Å². The van der Waals surface area contributed by atoms with E-state index >= 15 is 0 Å². The molecule has 0 unspecified atom stereocenters. The van der Waals surface area contributed by atoms with Crippen LogP contribution in [-0.2, 0) is 9.53 Å². The molecule has 0 saturated carbocycles. The maximum atomic E-state index is 12.3. The third-order valence-corrected chi connectivity index (χ3v) is 4.70. The van der Waals surface area contributed by atoms with Crippen molar-refractivity contribution in [3.63, 3.8) is 0 Å². The lowest BCUT2D eigenvalue weighted by molar-refractivity contribution is -0.132. The first-order valence-electron chi connectivity index (χ1n) is 8.71. The predicted molar refractivity (Wildman–Crippen MR) is 89.2 cm³/mol. The average Bonchev–Trinajstić information content (AvgIpc) is 2.93. The summed E-state index contributed by atoms with van der Waals surface area (Å²) in [6.45, 7) is 8.98. The highest BCUT2D eigenvalue weighted by Gasteiger charge is 2.37. The molecule has 0 aromatic rings. The molecule has 6 nitrogen and oxygen atoms in total. The quantitative estimate of drug-likeness (QED) is 0.573. The molecule has 2 fully saturated rings. The van der Waals surface area contributed by atoms with E-state index in [1.165, 1.54) is 0 Å². The predicted octanol–water partition coefficient (Wildman–Crippen LogP) is 1.76. The summed E-state index contributed by atoms with van der Waals surface area (Å²) >= 11 is 0. The first-order valence-corrected chi connectivity index (χ1v) is 8.71. The minimum absolute atomic E-state index is 0.233. The lowest BCUT2D eigenvalue weighted by atomic mass is 10.0. The Labute approximate surface area is 138 Å². The van der Waals surface area contributed by atoms with Gasteiger partial charge in [0.25, 0.3) is 0 Å². The second-order valence-electron chi connectivity index (χ2n) is 6.19. The van der Waals surface area contributed by atoms with Gasteiger partial charge in [0.2, 0.25) is 5.91 Å². The van der Waals surface area contributed by atoms with E-state index in [0.717, 1.165) is 38.8 Å². The van der Waals surface area contributed by atoms with E-state index in [2.05, 4.69) is 16.8 Å². The molecular formula is C17H29N3O3. The number of hydrogen-bond acceptors (Lipinski definition) is 4. The van der Waals surface area contributed by atoms with Crippen molar-refractivity contribution in [1.29, 1.82) is 0 Å². The first kappa shape index (κ1) is 17.8. The zero-order chi connectivity index (χ0) is 16.7. The Bertz CT molecular complexity index is 419. The van der Waals surface area contributed by atoms with Crippen molar-refractivity contribution >= 4 is 12.0 Å². The molecule has 2 rings (SSSR count). The van der Waals surface area contributed by atoms with E-state index < -0.39 is 0 Å². The fraction of sp³-hybridized carbons (Fsp3) is 0.765. The molecule has 0 bridgehead atoms. The highest BCUT2D eigenvalue weighted by molar-refractivity contribution is 5.79. The smallest absolute Gasteiger partial charge is 0.409 e. The zero-order valence-electron chi connectivity index (χ0n) is 14.1. The summed E-state index contributed by atoms with van der Waals surface area (Å²) in [5.74, 6) is 0.272. The molecule has 2 heterocycles. The fourth-order valence-corrected chi connectivity index (χ4v) is 3.56. The number of likely N-dealkylation sites (tertiary alicyclic amines) is 2. The van der Waals surface area contributed by atoms with Gasteiger partial charge in [-0.2, -0.15) is 0 Å². The molecule has 0 aromatic heterocycles. The summed E-state index contributed by atoms with van der Waals surface area (Å²) in [6.07, 6.45) is 5.91. The van der Waals surface area contributed by atoms with E-state index in [9.17, 15) is 9.59 Å². The lowest BCUT2D eigenvalue weighted by Crippen LogP contribution is -2.50. The molecule has 0 aliphatic carbocycles. The van der Waals surface area contributed by atoms with Gasteiger partial charge in [0.1, 0.15) is 0 Å². The van der Waals surface area contributed by atoms with E-state index in [-0.39, 0.29) is 18.0 Å². The number of hydrogen-bond donors (Lipinski definition) is 1. The first-order chi connectivity index (χ1) is 11.2. The Morgan fingerprint density at radius 1 is 1.39 bits per heavy atom.